The number of hydrogen-bond donors (Lipinski definition) is 0. The molecule has 0 spiro atoms. The predicted molar refractivity (Wildman–Crippen MR) is 90.6 cm³/mol. The SMILES string of the molecule is CCOc1cccc(/C=C(\C#N)c2ccc(OC)c(OC)c2)c1. The number of methoxy groups -OCH3 is 2. The number of nitrogens with zero attached hydrogens (tertiary/aromatic N) is 1. The van der Waals surface area contributed by atoms with Crippen LogP contribution in [0.5, 0.6) is 17.2 Å². The molecule has 0 bridgehead atoms. The minimum Gasteiger partial charge on any atom is -0.494 e. The third-order valence-corrected chi connectivity index (χ3v) is 3.30. The Kier molecular flexibility index (Phi) is 5.65. The van der Waals surface area contributed by atoms with Crippen LogP contribution < -0.4 is 14.2 Å². The van der Waals surface area contributed by atoms with Gasteiger partial charge in [-0.15, -0.1) is 0 Å². The number of nitriles is 1. The normalized spacial score (nSPS) is 10.8. The quantitative estimate of drug-likeness (QED) is 0.593. The summed E-state index contributed by atoms with van der Waals surface area (Å²) in [6.45, 7) is 2.54. The molecule has 23 heavy (non-hydrogen) atoms. The summed E-state index contributed by atoms with van der Waals surface area (Å²) >= 11 is 0. The molecule has 0 aliphatic heterocycles. The van der Waals surface area contributed by atoms with Gasteiger partial charge in [-0.05, 0) is 54.5 Å². The van der Waals surface area contributed by atoms with Crippen LogP contribution in [0.4, 0.5) is 0 Å². The Morgan fingerprint density at radius 3 is 2.52 bits per heavy atom. The minimum absolute atomic E-state index is 0.541. The first-order chi connectivity index (χ1) is 11.2. The molecule has 0 amide bonds. The molecule has 0 N–H and O–H groups in total. The third kappa shape index (κ3) is 4.04. The van der Waals surface area contributed by atoms with Crippen molar-refractivity contribution >= 4 is 11.6 Å². The van der Waals surface area contributed by atoms with Crippen molar-refractivity contribution in [3.05, 3.63) is 53.6 Å². The van der Waals surface area contributed by atoms with E-state index in [2.05, 4.69) is 6.07 Å². The van der Waals surface area contributed by atoms with Gasteiger partial charge >= 0.3 is 0 Å². The standard InChI is InChI=1S/C19H19NO3/c1-4-23-17-7-5-6-14(11-17)10-16(13-20)15-8-9-18(21-2)19(12-15)22-3/h5-12H,4H2,1-3H3/b16-10+. The highest BCUT2D eigenvalue weighted by Crippen LogP contribution is 2.31. The van der Waals surface area contributed by atoms with Gasteiger partial charge in [0.15, 0.2) is 11.5 Å². The van der Waals surface area contributed by atoms with Crippen LogP contribution in [0.2, 0.25) is 0 Å². The molecule has 0 atom stereocenters. The average molecular weight is 309 g/mol. The van der Waals surface area contributed by atoms with Crippen LogP contribution in [0.1, 0.15) is 18.1 Å². The summed E-state index contributed by atoms with van der Waals surface area (Å²) in [5.74, 6) is 2.01. The highest BCUT2D eigenvalue weighted by molar-refractivity contribution is 5.90. The fourth-order valence-electron chi connectivity index (χ4n) is 2.21. The number of hydrogen-bond acceptors (Lipinski definition) is 4. The first-order valence-electron chi connectivity index (χ1n) is 7.29. The molecule has 2 rings (SSSR count). The zero-order valence-corrected chi connectivity index (χ0v) is 13.5. The molecule has 2 aromatic rings. The molecular formula is C19H19NO3. The van der Waals surface area contributed by atoms with Gasteiger partial charge in [0.2, 0.25) is 0 Å². The molecule has 0 aliphatic carbocycles. The number of benzene rings is 2. The lowest BCUT2D eigenvalue weighted by Gasteiger charge is -2.09. The van der Waals surface area contributed by atoms with Crippen molar-refractivity contribution in [3.63, 3.8) is 0 Å². The Hall–Kier alpha value is -2.93. The Bertz CT molecular complexity index is 745. The van der Waals surface area contributed by atoms with E-state index in [1.807, 2.05) is 43.3 Å². The molecule has 4 heteroatoms. The van der Waals surface area contributed by atoms with E-state index in [0.29, 0.717) is 23.7 Å². The molecular weight excluding hydrogens is 290 g/mol. The van der Waals surface area contributed by atoms with Gasteiger partial charge in [-0.1, -0.05) is 12.1 Å². The zero-order chi connectivity index (χ0) is 16.7. The summed E-state index contributed by atoms with van der Waals surface area (Å²) in [5, 5.41) is 9.48. The fourth-order valence-corrected chi connectivity index (χ4v) is 2.21. The van der Waals surface area contributed by atoms with E-state index in [9.17, 15) is 5.26 Å². The molecule has 0 aromatic heterocycles. The lowest BCUT2D eigenvalue weighted by Crippen LogP contribution is -1.92. The second-order valence-corrected chi connectivity index (χ2v) is 4.75. The lowest BCUT2D eigenvalue weighted by molar-refractivity contribution is 0.340. The van der Waals surface area contributed by atoms with Crippen molar-refractivity contribution in [2.45, 2.75) is 6.92 Å². The average Bonchev–Trinajstić information content (AvgIpc) is 2.59. The van der Waals surface area contributed by atoms with Crippen LogP contribution in [0, 0.1) is 11.3 Å². The maximum Gasteiger partial charge on any atom is 0.161 e. The van der Waals surface area contributed by atoms with E-state index in [1.165, 1.54) is 0 Å². The monoisotopic (exact) mass is 309 g/mol. The second kappa shape index (κ2) is 7.90. The van der Waals surface area contributed by atoms with Crippen LogP contribution in [0.15, 0.2) is 42.5 Å². The Morgan fingerprint density at radius 1 is 1.09 bits per heavy atom. The number of rotatable bonds is 6. The predicted octanol–water partition coefficient (Wildman–Crippen LogP) is 4.17. The van der Waals surface area contributed by atoms with E-state index in [4.69, 9.17) is 14.2 Å². The molecule has 4 nitrogen and oxygen atoms in total. The molecule has 0 heterocycles. The summed E-state index contributed by atoms with van der Waals surface area (Å²) in [4.78, 5) is 0. The van der Waals surface area contributed by atoms with Gasteiger partial charge in [-0.25, -0.2) is 0 Å². The van der Waals surface area contributed by atoms with Gasteiger partial charge < -0.3 is 14.2 Å². The zero-order valence-electron chi connectivity index (χ0n) is 13.5. The van der Waals surface area contributed by atoms with Gasteiger partial charge in [0.1, 0.15) is 5.75 Å². The van der Waals surface area contributed by atoms with E-state index in [-0.39, 0.29) is 0 Å². The van der Waals surface area contributed by atoms with E-state index in [0.717, 1.165) is 16.9 Å². The van der Waals surface area contributed by atoms with Crippen molar-refractivity contribution in [2.24, 2.45) is 0 Å². The number of allylic oxidation sites excluding steroid dienone is 1. The molecule has 0 aliphatic rings. The highest BCUT2D eigenvalue weighted by atomic mass is 16.5. The molecule has 0 radical (unpaired) electrons. The van der Waals surface area contributed by atoms with E-state index in [1.54, 1.807) is 26.4 Å². The molecule has 118 valence electrons. The van der Waals surface area contributed by atoms with Gasteiger partial charge in [-0.3, -0.25) is 0 Å². The van der Waals surface area contributed by atoms with Crippen molar-refractivity contribution in [1.29, 1.82) is 5.26 Å². The number of ether oxygens (including phenoxy) is 3. The first-order valence-corrected chi connectivity index (χ1v) is 7.29. The largest absolute Gasteiger partial charge is 0.494 e. The Labute approximate surface area is 136 Å². The lowest BCUT2D eigenvalue weighted by atomic mass is 10.0. The summed E-state index contributed by atoms with van der Waals surface area (Å²) in [6.07, 6.45) is 1.82. The van der Waals surface area contributed by atoms with Crippen molar-refractivity contribution in [1.82, 2.24) is 0 Å². The summed E-state index contributed by atoms with van der Waals surface area (Å²) in [5.41, 5.74) is 2.22. The van der Waals surface area contributed by atoms with Gasteiger partial charge in [-0.2, -0.15) is 5.26 Å². The topological polar surface area (TPSA) is 51.5 Å². The Morgan fingerprint density at radius 2 is 1.87 bits per heavy atom. The third-order valence-electron chi connectivity index (χ3n) is 3.30. The van der Waals surface area contributed by atoms with Crippen LogP contribution >= 0.6 is 0 Å². The van der Waals surface area contributed by atoms with Crippen LogP contribution in [-0.4, -0.2) is 20.8 Å². The maximum absolute atomic E-state index is 9.48. The summed E-state index contributed by atoms with van der Waals surface area (Å²) < 4.78 is 16.0. The van der Waals surface area contributed by atoms with Crippen LogP contribution in [0.25, 0.3) is 11.6 Å². The minimum atomic E-state index is 0.541. The molecule has 0 saturated carbocycles. The van der Waals surface area contributed by atoms with Crippen LogP contribution in [-0.2, 0) is 0 Å². The van der Waals surface area contributed by atoms with Crippen LogP contribution in [0.3, 0.4) is 0 Å². The molecule has 0 saturated heterocycles. The first kappa shape index (κ1) is 16.4. The van der Waals surface area contributed by atoms with Crippen molar-refractivity contribution < 1.29 is 14.2 Å². The van der Waals surface area contributed by atoms with E-state index < -0.39 is 0 Å². The van der Waals surface area contributed by atoms with Crippen molar-refractivity contribution in [3.8, 4) is 23.3 Å². The second-order valence-electron chi connectivity index (χ2n) is 4.75. The van der Waals surface area contributed by atoms with Gasteiger partial charge in [0.05, 0.1) is 32.5 Å². The fraction of sp³-hybridized carbons (Fsp3) is 0.211. The molecule has 0 fully saturated rings. The molecule has 2 aromatic carbocycles. The van der Waals surface area contributed by atoms with Gasteiger partial charge in [0.25, 0.3) is 0 Å². The van der Waals surface area contributed by atoms with E-state index >= 15 is 0 Å². The molecule has 0 unspecified atom stereocenters. The highest BCUT2D eigenvalue weighted by Gasteiger charge is 2.08. The summed E-state index contributed by atoms with van der Waals surface area (Å²) in [7, 11) is 3.15. The Balaban J connectivity index is 2.39. The maximum atomic E-state index is 9.48. The van der Waals surface area contributed by atoms with Crippen molar-refractivity contribution in [2.75, 3.05) is 20.8 Å². The van der Waals surface area contributed by atoms with Gasteiger partial charge in [0, 0.05) is 0 Å². The summed E-state index contributed by atoms with van der Waals surface area (Å²) in [6, 6.07) is 15.3. The smallest absolute Gasteiger partial charge is 0.161 e.